The molecule has 0 saturated carbocycles. The van der Waals surface area contributed by atoms with Crippen molar-refractivity contribution in [1.29, 1.82) is 0 Å². The van der Waals surface area contributed by atoms with Gasteiger partial charge in [0.1, 0.15) is 13.2 Å². The van der Waals surface area contributed by atoms with Crippen molar-refractivity contribution in [3.63, 3.8) is 0 Å². The van der Waals surface area contributed by atoms with Gasteiger partial charge in [-0.25, -0.2) is 0 Å². The normalized spacial score (nSPS) is 11.9. The maximum absolute atomic E-state index is 12.9. The minimum atomic E-state index is -0.762. The van der Waals surface area contributed by atoms with Gasteiger partial charge in [0.05, 0.1) is 0 Å². The molecule has 0 aromatic rings. The zero-order valence-electron chi connectivity index (χ0n) is 54.2. The standard InChI is InChI=1S/C73H142O6/c1-4-7-10-13-16-18-20-22-24-26-28-30-32-34-35-36-37-38-39-41-42-44-46-48-50-52-54-57-60-63-66-72(75)78-69-70(68-77-71(74)65-62-59-56-15-12-9-6-3)79-73(76)67-64-61-58-55-53-51-49-47-45-43-40-33-31-29-27-25-23-21-19-17-14-11-8-5-2/h70H,4-69H2,1-3H3. The van der Waals surface area contributed by atoms with Crippen molar-refractivity contribution in [2.75, 3.05) is 13.2 Å². The third-order valence-electron chi connectivity index (χ3n) is 17.1. The van der Waals surface area contributed by atoms with Crippen molar-refractivity contribution >= 4 is 17.9 Å². The van der Waals surface area contributed by atoms with Crippen LogP contribution < -0.4 is 0 Å². The van der Waals surface area contributed by atoms with E-state index in [2.05, 4.69) is 20.8 Å². The highest BCUT2D eigenvalue weighted by molar-refractivity contribution is 5.71. The minimum Gasteiger partial charge on any atom is -0.462 e. The van der Waals surface area contributed by atoms with Gasteiger partial charge in [-0.2, -0.15) is 0 Å². The quantitative estimate of drug-likeness (QED) is 0.0343. The minimum absolute atomic E-state index is 0.0612. The average Bonchev–Trinajstić information content (AvgIpc) is 3.45. The molecule has 0 aliphatic rings. The van der Waals surface area contributed by atoms with Gasteiger partial charge in [-0.1, -0.05) is 393 Å². The maximum atomic E-state index is 12.9. The molecule has 0 aromatic carbocycles. The van der Waals surface area contributed by atoms with Crippen molar-refractivity contribution in [3.8, 4) is 0 Å². The lowest BCUT2D eigenvalue weighted by Crippen LogP contribution is -2.30. The molecule has 0 amide bonds. The van der Waals surface area contributed by atoms with Crippen LogP contribution in [0.25, 0.3) is 0 Å². The van der Waals surface area contributed by atoms with Crippen LogP contribution in [0.5, 0.6) is 0 Å². The Kier molecular flexibility index (Phi) is 67.5. The molecule has 0 aliphatic carbocycles. The first kappa shape index (κ1) is 77.4. The highest BCUT2D eigenvalue weighted by Gasteiger charge is 2.20. The number of rotatable bonds is 69. The van der Waals surface area contributed by atoms with E-state index in [0.717, 1.165) is 57.8 Å². The summed E-state index contributed by atoms with van der Waals surface area (Å²) in [5.74, 6) is -0.832. The van der Waals surface area contributed by atoms with Crippen LogP contribution in [0.15, 0.2) is 0 Å². The predicted octanol–water partition coefficient (Wildman–Crippen LogP) is 25.0. The molecule has 1 atom stereocenters. The van der Waals surface area contributed by atoms with E-state index in [1.807, 2.05) is 0 Å². The molecule has 0 N–H and O–H groups in total. The molecule has 0 fully saturated rings. The Balaban J connectivity index is 3.96. The number of carbonyl (C=O) groups excluding carboxylic acids is 3. The summed E-state index contributed by atoms with van der Waals surface area (Å²) < 4.78 is 16.9. The average molecular weight is 1120 g/mol. The molecule has 6 nitrogen and oxygen atoms in total. The summed E-state index contributed by atoms with van der Waals surface area (Å²) in [5.41, 5.74) is 0. The van der Waals surface area contributed by atoms with Crippen LogP contribution in [0.1, 0.15) is 432 Å². The molecular weight excluding hydrogens is 973 g/mol. The second-order valence-corrected chi connectivity index (χ2v) is 25.2. The first-order valence-electron chi connectivity index (χ1n) is 36.5. The van der Waals surface area contributed by atoms with Crippen LogP contribution in [-0.2, 0) is 28.6 Å². The first-order chi connectivity index (χ1) is 39.0. The lowest BCUT2D eigenvalue weighted by atomic mass is 10.0. The van der Waals surface area contributed by atoms with E-state index in [9.17, 15) is 14.4 Å². The van der Waals surface area contributed by atoms with Crippen molar-refractivity contribution in [2.24, 2.45) is 0 Å². The van der Waals surface area contributed by atoms with Crippen LogP contribution in [0.2, 0.25) is 0 Å². The summed E-state index contributed by atoms with van der Waals surface area (Å²) in [6.45, 7) is 6.70. The summed E-state index contributed by atoms with van der Waals surface area (Å²) in [4.78, 5) is 38.2. The monoisotopic (exact) mass is 1120 g/mol. The summed E-state index contributed by atoms with van der Waals surface area (Å²) >= 11 is 0. The number of esters is 3. The molecule has 0 aromatic heterocycles. The molecule has 0 bridgehead atoms. The van der Waals surface area contributed by atoms with Gasteiger partial charge in [0.25, 0.3) is 0 Å². The third kappa shape index (κ3) is 67.1. The van der Waals surface area contributed by atoms with Crippen LogP contribution in [0, 0.1) is 0 Å². The Labute approximate surface area is 495 Å². The highest BCUT2D eigenvalue weighted by Crippen LogP contribution is 2.20. The predicted molar refractivity (Wildman–Crippen MR) is 344 cm³/mol. The molecule has 0 saturated heterocycles. The largest absolute Gasteiger partial charge is 0.462 e. The Morgan fingerprint density at radius 3 is 0.506 bits per heavy atom. The lowest BCUT2D eigenvalue weighted by molar-refractivity contribution is -0.167. The number of carbonyl (C=O) groups is 3. The lowest BCUT2D eigenvalue weighted by Gasteiger charge is -2.18. The topological polar surface area (TPSA) is 78.9 Å². The highest BCUT2D eigenvalue weighted by atomic mass is 16.6. The van der Waals surface area contributed by atoms with E-state index in [1.54, 1.807) is 0 Å². The number of hydrogen-bond donors (Lipinski definition) is 0. The molecule has 470 valence electrons. The van der Waals surface area contributed by atoms with Gasteiger partial charge in [0.2, 0.25) is 0 Å². The van der Waals surface area contributed by atoms with Gasteiger partial charge >= 0.3 is 17.9 Å². The number of ether oxygens (including phenoxy) is 3. The van der Waals surface area contributed by atoms with Gasteiger partial charge < -0.3 is 14.2 Å². The van der Waals surface area contributed by atoms with Gasteiger partial charge in [0.15, 0.2) is 6.10 Å². The fourth-order valence-electron chi connectivity index (χ4n) is 11.6. The second-order valence-electron chi connectivity index (χ2n) is 25.2. The van der Waals surface area contributed by atoms with Crippen molar-refractivity contribution < 1.29 is 28.6 Å². The summed E-state index contributed by atoms with van der Waals surface area (Å²) in [6, 6.07) is 0. The number of unbranched alkanes of at least 4 members (excludes halogenated alkanes) is 58. The molecule has 0 spiro atoms. The van der Waals surface area contributed by atoms with Gasteiger partial charge in [-0.3, -0.25) is 14.4 Å². The fourth-order valence-corrected chi connectivity index (χ4v) is 11.6. The molecule has 6 heteroatoms. The van der Waals surface area contributed by atoms with Crippen molar-refractivity contribution in [3.05, 3.63) is 0 Å². The molecule has 0 aliphatic heterocycles. The van der Waals surface area contributed by atoms with Gasteiger partial charge in [-0.15, -0.1) is 0 Å². The van der Waals surface area contributed by atoms with Crippen LogP contribution >= 0.6 is 0 Å². The van der Waals surface area contributed by atoms with Crippen molar-refractivity contribution in [1.82, 2.24) is 0 Å². The van der Waals surface area contributed by atoms with Gasteiger partial charge in [0, 0.05) is 19.3 Å². The van der Waals surface area contributed by atoms with Crippen LogP contribution in [0.4, 0.5) is 0 Å². The second kappa shape index (κ2) is 68.9. The Hall–Kier alpha value is -1.59. The Morgan fingerprint density at radius 2 is 0.342 bits per heavy atom. The van der Waals surface area contributed by atoms with E-state index in [1.165, 1.54) is 334 Å². The molecule has 0 radical (unpaired) electrons. The van der Waals surface area contributed by atoms with E-state index in [4.69, 9.17) is 14.2 Å². The molecule has 79 heavy (non-hydrogen) atoms. The van der Waals surface area contributed by atoms with E-state index < -0.39 is 6.10 Å². The van der Waals surface area contributed by atoms with E-state index in [-0.39, 0.29) is 31.1 Å². The summed E-state index contributed by atoms with van der Waals surface area (Å²) in [7, 11) is 0. The Morgan fingerprint density at radius 1 is 0.203 bits per heavy atom. The number of hydrogen-bond acceptors (Lipinski definition) is 6. The molecule has 0 heterocycles. The van der Waals surface area contributed by atoms with Gasteiger partial charge in [-0.05, 0) is 19.3 Å². The van der Waals surface area contributed by atoms with Crippen LogP contribution in [-0.4, -0.2) is 37.2 Å². The van der Waals surface area contributed by atoms with Crippen molar-refractivity contribution in [2.45, 2.75) is 438 Å². The zero-order valence-corrected chi connectivity index (χ0v) is 54.2. The smallest absolute Gasteiger partial charge is 0.306 e. The molecule has 0 rings (SSSR count). The first-order valence-corrected chi connectivity index (χ1v) is 36.5. The zero-order chi connectivity index (χ0) is 57.1. The van der Waals surface area contributed by atoms with Crippen LogP contribution in [0.3, 0.4) is 0 Å². The Bertz CT molecular complexity index is 1190. The van der Waals surface area contributed by atoms with E-state index in [0.29, 0.717) is 19.3 Å². The summed E-state index contributed by atoms with van der Waals surface area (Å²) in [6.07, 6.45) is 81.9. The molecular formula is C73H142O6. The summed E-state index contributed by atoms with van der Waals surface area (Å²) in [5, 5.41) is 0. The SMILES string of the molecule is CCCCCCCCCCCCCCCCCCCCCCCCCCCCCCCCC(=O)OCC(COC(=O)CCCCCCCCC)OC(=O)CCCCCCCCCCCCCCCCCCCCCCCCCC. The maximum Gasteiger partial charge on any atom is 0.306 e. The third-order valence-corrected chi connectivity index (χ3v) is 17.1. The fraction of sp³-hybridized carbons (Fsp3) is 0.959. The van der Waals surface area contributed by atoms with E-state index >= 15 is 0 Å². The molecule has 1 unspecified atom stereocenters.